The fourth-order valence-electron chi connectivity index (χ4n) is 4.23. The third-order valence-electron chi connectivity index (χ3n) is 5.91. The van der Waals surface area contributed by atoms with Crippen molar-refractivity contribution in [1.82, 2.24) is 10.2 Å². The Balaban J connectivity index is 1.56. The Hall–Kier alpha value is -2.08. The second-order valence-electron chi connectivity index (χ2n) is 7.82. The molecular formula is C22H33N3O3. The van der Waals surface area contributed by atoms with Crippen LogP contribution in [0.2, 0.25) is 0 Å². The number of nitrogens with one attached hydrogen (secondary N) is 1. The van der Waals surface area contributed by atoms with Crippen LogP contribution in [0.5, 0.6) is 0 Å². The summed E-state index contributed by atoms with van der Waals surface area (Å²) in [6, 6.07) is 8.68. The van der Waals surface area contributed by atoms with Crippen molar-refractivity contribution in [3.63, 3.8) is 0 Å². The van der Waals surface area contributed by atoms with Gasteiger partial charge in [-0.3, -0.25) is 9.79 Å². The molecule has 1 aromatic carbocycles. The molecule has 1 aromatic rings. The standard InChI is InChI=1S/C22H33N3O3/c1-16-6-8-17(9-7-16)20-19(5-4-14-28-20)15-24-22(23-2)25-12-10-18(11-13-25)21(26)27-3/h6-9,18-20H,4-5,10-15H2,1-3H3,(H,23,24). The summed E-state index contributed by atoms with van der Waals surface area (Å²) < 4.78 is 11.0. The topological polar surface area (TPSA) is 63.2 Å². The number of nitrogens with zero attached hydrogens (tertiary/aromatic N) is 2. The van der Waals surface area contributed by atoms with Crippen LogP contribution in [0.15, 0.2) is 29.3 Å². The molecule has 0 saturated carbocycles. The number of methoxy groups -OCH3 is 1. The molecule has 0 amide bonds. The number of benzene rings is 1. The highest BCUT2D eigenvalue weighted by atomic mass is 16.5. The molecule has 0 bridgehead atoms. The average Bonchev–Trinajstić information content (AvgIpc) is 2.75. The summed E-state index contributed by atoms with van der Waals surface area (Å²) in [7, 11) is 3.29. The van der Waals surface area contributed by atoms with Gasteiger partial charge in [-0.2, -0.15) is 0 Å². The molecule has 2 fully saturated rings. The maximum Gasteiger partial charge on any atom is 0.308 e. The minimum Gasteiger partial charge on any atom is -0.469 e. The molecule has 154 valence electrons. The van der Waals surface area contributed by atoms with E-state index in [0.29, 0.717) is 5.92 Å². The maximum absolute atomic E-state index is 11.7. The molecule has 3 rings (SSSR count). The van der Waals surface area contributed by atoms with Gasteiger partial charge in [0, 0.05) is 39.2 Å². The van der Waals surface area contributed by atoms with E-state index >= 15 is 0 Å². The summed E-state index contributed by atoms with van der Waals surface area (Å²) in [5.74, 6) is 1.25. The van der Waals surface area contributed by atoms with Crippen molar-refractivity contribution in [2.24, 2.45) is 16.8 Å². The Morgan fingerprint density at radius 2 is 1.96 bits per heavy atom. The molecule has 6 heteroatoms. The van der Waals surface area contributed by atoms with Gasteiger partial charge in [0.25, 0.3) is 0 Å². The lowest BCUT2D eigenvalue weighted by atomic mass is 9.89. The fraction of sp³-hybridized carbons (Fsp3) is 0.636. The first-order valence-electron chi connectivity index (χ1n) is 10.3. The van der Waals surface area contributed by atoms with Gasteiger partial charge in [0.1, 0.15) is 0 Å². The highest BCUT2D eigenvalue weighted by molar-refractivity contribution is 5.80. The number of carbonyl (C=O) groups is 1. The molecule has 0 aromatic heterocycles. The predicted octanol–water partition coefficient (Wildman–Crippen LogP) is 2.92. The van der Waals surface area contributed by atoms with Crippen LogP contribution in [0.3, 0.4) is 0 Å². The van der Waals surface area contributed by atoms with E-state index in [0.717, 1.165) is 57.9 Å². The number of hydrogen-bond acceptors (Lipinski definition) is 4. The zero-order chi connectivity index (χ0) is 19.9. The van der Waals surface area contributed by atoms with Gasteiger partial charge in [0.2, 0.25) is 0 Å². The second-order valence-corrected chi connectivity index (χ2v) is 7.82. The highest BCUT2D eigenvalue weighted by Gasteiger charge is 2.30. The van der Waals surface area contributed by atoms with Crippen LogP contribution in [0.1, 0.15) is 42.9 Å². The van der Waals surface area contributed by atoms with Crippen LogP contribution in [0.4, 0.5) is 0 Å². The van der Waals surface area contributed by atoms with E-state index in [-0.39, 0.29) is 18.0 Å². The van der Waals surface area contributed by atoms with E-state index in [1.807, 2.05) is 7.05 Å². The number of hydrogen-bond donors (Lipinski definition) is 1. The Morgan fingerprint density at radius 3 is 2.61 bits per heavy atom. The van der Waals surface area contributed by atoms with Gasteiger partial charge in [0.15, 0.2) is 5.96 Å². The first-order valence-corrected chi connectivity index (χ1v) is 10.3. The number of esters is 1. The van der Waals surface area contributed by atoms with E-state index < -0.39 is 0 Å². The van der Waals surface area contributed by atoms with E-state index in [2.05, 4.69) is 46.4 Å². The van der Waals surface area contributed by atoms with Gasteiger partial charge in [-0.05, 0) is 38.2 Å². The molecule has 2 saturated heterocycles. The number of aliphatic imine (C=N–C) groups is 1. The highest BCUT2D eigenvalue weighted by Crippen LogP contribution is 2.33. The number of piperidine rings is 1. The normalized spacial score (nSPS) is 24.1. The van der Waals surface area contributed by atoms with Gasteiger partial charge in [-0.15, -0.1) is 0 Å². The van der Waals surface area contributed by atoms with Crippen LogP contribution in [0.25, 0.3) is 0 Å². The number of guanidine groups is 1. The third-order valence-corrected chi connectivity index (χ3v) is 5.91. The van der Waals surface area contributed by atoms with Gasteiger partial charge in [-0.25, -0.2) is 0 Å². The fourth-order valence-corrected chi connectivity index (χ4v) is 4.23. The molecule has 0 radical (unpaired) electrons. The number of ether oxygens (including phenoxy) is 2. The lowest BCUT2D eigenvalue weighted by Crippen LogP contribution is -2.48. The molecule has 1 N–H and O–H groups in total. The van der Waals surface area contributed by atoms with Crippen molar-refractivity contribution in [3.8, 4) is 0 Å². The van der Waals surface area contributed by atoms with Crippen LogP contribution in [0, 0.1) is 18.8 Å². The van der Waals surface area contributed by atoms with Crippen LogP contribution >= 0.6 is 0 Å². The molecule has 2 aliphatic heterocycles. The van der Waals surface area contributed by atoms with Gasteiger partial charge in [-0.1, -0.05) is 29.8 Å². The minimum absolute atomic E-state index is 0.0111. The molecule has 2 aliphatic rings. The van der Waals surface area contributed by atoms with Crippen molar-refractivity contribution in [2.45, 2.75) is 38.7 Å². The van der Waals surface area contributed by atoms with Crippen LogP contribution in [-0.2, 0) is 14.3 Å². The smallest absolute Gasteiger partial charge is 0.308 e. The summed E-state index contributed by atoms with van der Waals surface area (Å²) >= 11 is 0. The molecular weight excluding hydrogens is 354 g/mol. The quantitative estimate of drug-likeness (QED) is 0.489. The minimum atomic E-state index is -0.0945. The zero-order valence-electron chi connectivity index (χ0n) is 17.3. The van der Waals surface area contributed by atoms with E-state index in [4.69, 9.17) is 9.47 Å². The van der Waals surface area contributed by atoms with Crippen LogP contribution < -0.4 is 5.32 Å². The van der Waals surface area contributed by atoms with Crippen LogP contribution in [-0.4, -0.2) is 57.2 Å². The van der Waals surface area contributed by atoms with E-state index in [9.17, 15) is 4.79 Å². The lowest BCUT2D eigenvalue weighted by Gasteiger charge is -2.36. The average molecular weight is 388 g/mol. The molecule has 2 unspecified atom stereocenters. The van der Waals surface area contributed by atoms with Crippen molar-refractivity contribution in [2.75, 3.05) is 40.4 Å². The number of rotatable bonds is 4. The summed E-state index contributed by atoms with van der Waals surface area (Å²) in [4.78, 5) is 18.4. The Bertz CT molecular complexity index is 666. The van der Waals surface area contributed by atoms with Crippen molar-refractivity contribution in [3.05, 3.63) is 35.4 Å². The van der Waals surface area contributed by atoms with E-state index in [1.54, 1.807) is 0 Å². The molecule has 6 nitrogen and oxygen atoms in total. The monoisotopic (exact) mass is 387 g/mol. The molecule has 2 heterocycles. The molecule has 2 atom stereocenters. The first-order chi connectivity index (χ1) is 13.6. The number of likely N-dealkylation sites (tertiary alicyclic amines) is 1. The van der Waals surface area contributed by atoms with E-state index in [1.165, 1.54) is 18.2 Å². The van der Waals surface area contributed by atoms with Gasteiger partial charge < -0.3 is 19.7 Å². The summed E-state index contributed by atoms with van der Waals surface area (Å²) in [6.07, 6.45) is 3.99. The summed E-state index contributed by atoms with van der Waals surface area (Å²) in [5.41, 5.74) is 2.52. The molecule has 28 heavy (non-hydrogen) atoms. The number of carbonyl (C=O) groups excluding carboxylic acids is 1. The molecule has 0 aliphatic carbocycles. The predicted molar refractivity (Wildman–Crippen MR) is 110 cm³/mol. The zero-order valence-corrected chi connectivity index (χ0v) is 17.3. The largest absolute Gasteiger partial charge is 0.469 e. The second kappa shape index (κ2) is 9.92. The Morgan fingerprint density at radius 1 is 1.25 bits per heavy atom. The van der Waals surface area contributed by atoms with Crippen molar-refractivity contribution >= 4 is 11.9 Å². The third kappa shape index (κ3) is 5.04. The lowest BCUT2D eigenvalue weighted by molar-refractivity contribution is -0.146. The van der Waals surface area contributed by atoms with Gasteiger partial charge in [0.05, 0.1) is 19.1 Å². The van der Waals surface area contributed by atoms with Crippen molar-refractivity contribution < 1.29 is 14.3 Å². The Kier molecular flexibility index (Phi) is 7.31. The van der Waals surface area contributed by atoms with Crippen molar-refractivity contribution in [1.29, 1.82) is 0 Å². The Labute approximate surface area is 168 Å². The van der Waals surface area contributed by atoms with Gasteiger partial charge >= 0.3 is 5.97 Å². The first kappa shape index (κ1) is 20.6. The summed E-state index contributed by atoms with van der Waals surface area (Å²) in [5, 5.41) is 3.56. The molecule has 0 spiro atoms. The number of aryl methyl sites for hydroxylation is 1. The summed E-state index contributed by atoms with van der Waals surface area (Å²) in [6.45, 7) is 5.41. The maximum atomic E-state index is 11.7. The SMILES string of the molecule is CN=C(NCC1CCCOC1c1ccc(C)cc1)N1CCC(C(=O)OC)CC1.